The Balaban J connectivity index is 0.000000426. The van der Waals surface area contributed by atoms with Crippen LogP contribution in [0.2, 0.25) is 0 Å². The van der Waals surface area contributed by atoms with E-state index in [1.54, 1.807) is 7.11 Å². The summed E-state index contributed by atoms with van der Waals surface area (Å²) in [5.74, 6) is -1.91. The van der Waals surface area contributed by atoms with Gasteiger partial charge in [-0.15, -0.1) is 5.10 Å². The summed E-state index contributed by atoms with van der Waals surface area (Å²) in [6.07, 6.45) is 0.973. The number of aromatic nitrogens is 5. The van der Waals surface area contributed by atoms with Crippen LogP contribution in [0.4, 0.5) is 13.2 Å². The summed E-state index contributed by atoms with van der Waals surface area (Å²) >= 11 is 0. The number of carboxylic acid groups (broad SMARTS) is 1. The van der Waals surface area contributed by atoms with Crippen molar-refractivity contribution in [2.75, 3.05) is 33.8 Å². The first-order valence-electron chi connectivity index (χ1n) is 11.8. The van der Waals surface area contributed by atoms with Crippen LogP contribution < -0.4 is 4.74 Å². The highest BCUT2D eigenvalue weighted by molar-refractivity contribution is 5.73. The number of fused-ring (bicyclic) bond motifs is 1. The second-order valence-corrected chi connectivity index (χ2v) is 8.98. The van der Waals surface area contributed by atoms with Gasteiger partial charge in [-0.3, -0.25) is 14.5 Å². The molecule has 1 saturated heterocycles. The Morgan fingerprint density at radius 3 is 2.53 bits per heavy atom. The number of hydrogen-bond acceptors (Lipinski definition) is 7. The molecule has 10 nitrogen and oxygen atoms in total. The van der Waals surface area contributed by atoms with E-state index < -0.39 is 12.1 Å². The predicted molar refractivity (Wildman–Crippen MR) is 133 cm³/mol. The molecule has 1 aliphatic heterocycles. The Bertz CT molecular complexity index is 1400. The molecule has 1 atom stereocenters. The van der Waals surface area contributed by atoms with E-state index in [0.717, 1.165) is 54.3 Å². The van der Waals surface area contributed by atoms with E-state index in [-0.39, 0.29) is 6.04 Å². The molecule has 3 aromatic heterocycles. The predicted octanol–water partition coefficient (Wildman–Crippen LogP) is 3.26. The van der Waals surface area contributed by atoms with Crippen molar-refractivity contribution in [1.82, 2.24) is 34.4 Å². The lowest BCUT2D eigenvalue weighted by atomic mass is 10.0. The number of ether oxygens (including phenoxy) is 1. The molecule has 0 saturated carbocycles. The van der Waals surface area contributed by atoms with E-state index in [2.05, 4.69) is 56.7 Å². The number of aliphatic carboxylic acids is 1. The Morgan fingerprint density at radius 1 is 1.13 bits per heavy atom. The van der Waals surface area contributed by atoms with Crippen molar-refractivity contribution in [1.29, 1.82) is 0 Å². The van der Waals surface area contributed by atoms with Crippen molar-refractivity contribution >= 4 is 11.5 Å². The van der Waals surface area contributed by atoms with Crippen molar-refractivity contribution in [3.8, 4) is 16.9 Å². The molecule has 38 heavy (non-hydrogen) atoms. The highest BCUT2D eigenvalue weighted by Crippen LogP contribution is 2.32. The van der Waals surface area contributed by atoms with Gasteiger partial charge in [-0.05, 0) is 19.2 Å². The third-order valence-electron chi connectivity index (χ3n) is 6.31. The van der Waals surface area contributed by atoms with Crippen LogP contribution >= 0.6 is 0 Å². The van der Waals surface area contributed by atoms with Gasteiger partial charge >= 0.3 is 12.1 Å². The zero-order valence-corrected chi connectivity index (χ0v) is 21.1. The number of halogens is 3. The van der Waals surface area contributed by atoms with E-state index in [0.29, 0.717) is 0 Å². The molecule has 1 fully saturated rings. The van der Waals surface area contributed by atoms with Crippen LogP contribution in [-0.4, -0.2) is 85.5 Å². The van der Waals surface area contributed by atoms with Crippen LogP contribution in [0.15, 0.2) is 55.0 Å². The maximum atomic E-state index is 10.6. The molecule has 1 unspecified atom stereocenters. The topological polar surface area (TPSA) is 101 Å². The smallest absolute Gasteiger partial charge is 0.490 e. The number of benzene rings is 1. The summed E-state index contributed by atoms with van der Waals surface area (Å²) in [6.45, 7) is 3.83. The minimum atomic E-state index is -5.08. The van der Waals surface area contributed by atoms with Crippen LogP contribution in [0, 0.1) is 0 Å². The van der Waals surface area contributed by atoms with Crippen molar-refractivity contribution in [2.24, 2.45) is 7.05 Å². The maximum Gasteiger partial charge on any atom is 0.490 e. The van der Waals surface area contributed by atoms with E-state index in [1.165, 1.54) is 5.56 Å². The van der Waals surface area contributed by atoms with Gasteiger partial charge in [0.25, 0.3) is 0 Å². The maximum absolute atomic E-state index is 10.6. The SMILES string of the molecule is COc1ccccc1-c1ccc2c(C3CN(Cc4cnn(C)c4)CCN3C)nnn2c1.O=C(O)C(F)(F)F. The Kier molecular flexibility index (Phi) is 7.97. The Hall–Kier alpha value is -3.97. The van der Waals surface area contributed by atoms with Crippen molar-refractivity contribution in [2.45, 2.75) is 18.8 Å². The van der Waals surface area contributed by atoms with E-state index in [1.807, 2.05) is 46.8 Å². The van der Waals surface area contributed by atoms with Crippen LogP contribution in [0.25, 0.3) is 16.6 Å². The highest BCUT2D eigenvalue weighted by atomic mass is 19.4. The number of piperazine rings is 1. The molecular weight excluding hydrogens is 503 g/mol. The molecule has 13 heteroatoms. The number of para-hydroxylation sites is 1. The molecule has 0 spiro atoms. The van der Waals surface area contributed by atoms with Crippen molar-refractivity contribution in [3.05, 3.63) is 66.2 Å². The van der Waals surface area contributed by atoms with Crippen LogP contribution in [0.3, 0.4) is 0 Å². The number of aryl methyl sites for hydroxylation is 1. The van der Waals surface area contributed by atoms with Crippen LogP contribution in [-0.2, 0) is 18.4 Å². The third-order valence-corrected chi connectivity index (χ3v) is 6.31. The van der Waals surface area contributed by atoms with Crippen LogP contribution in [0.1, 0.15) is 17.3 Å². The first-order chi connectivity index (χ1) is 18.1. The van der Waals surface area contributed by atoms with Crippen LogP contribution in [0.5, 0.6) is 5.75 Å². The van der Waals surface area contributed by atoms with Gasteiger partial charge in [0.15, 0.2) is 0 Å². The number of carbonyl (C=O) groups is 1. The molecule has 1 N–H and O–H groups in total. The van der Waals surface area contributed by atoms with E-state index in [4.69, 9.17) is 14.6 Å². The monoisotopic (exact) mass is 531 g/mol. The minimum Gasteiger partial charge on any atom is -0.496 e. The lowest BCUT2D eigenvalue weighted by molar-refractivity contribution is -0.192. The molecule has 4 heterocycles. The minimum absolute atomic E-state index is 0.194. The van der Waals surface area contributed by atoms with Crippen molar-refractivity contribution < 1.29 is 27.8 Å². The lowest BCUT2D eigenvalue weighted by Gasteiger charge is -2.38. The molecule has 0 aliphatic carbocycles. The Labute approximate surface area is 216 Å². The van der Waals surface area contributed by atoms with E-state index >= 15 is 0 Å². The largest absolute Gasteiger partial charge is 0.496 e. The van der Waals surface area contributed by atoms with Gasteiger partial charge < -0.3 is 9.84 Å². The molecular formula is C25H28F3N7O3. The average molecular weight is 532 g/mol. The number of likely N-dealkylation sites (N-methyl/N-ethyl adjacent to an activating group) is 1. The third kappa shape index (κ3) is 6.11. The number of alkyl halides is 3. The van der Waals surface area contributed by atoms with Crippen molar-refractivity contribution in [3.63, 3.8) is 0 Å². The fourth-order valence-corrected chi connectivity index (χ4v) is 4.37. The summed E-state index contributed by atoms with van der Waals surface area (Å²) in [6, 6.07) is 12.5. The summed E-state index contributed by atoms with van der Waals surface area (Å²) in [5.41, 5.74) is 5.39. The number of nitrogens with zero attached hydrogens (tertiary/aromatic N) is 7. The van der Waals surface area contributed by atoms with Gasteiger partial charge in [-0.25, -0.2) is 9.31 Å². The highest BCUT2D eigenvalue weighted by Gasteiger charge is 2.38. The summed E-state index contributed by atoms with van der Waals surface area (Å²) in [5, 5.41) is 20.5. The second-order valence-electron chi connectivity index (χ2n) is 8.98. The first-order valence-corrected chi connectivity index (χ1v) is 11.8. The summed E-state index contributed by atoms with van der Waals surface area (Å²) < 4.78 is 41.0. The average Bonchev–Trinajstić information content (AvgIpc) is 3.50. The van der Waals surface area contributed by atoms with Gasteiger partial charge in [0, 0.05) is 62.3 Å². The number of methoxy groups -OCH3 is 1. The van der Waals surface area contributed by atoms with Gasteiger partial charge in [0.1, 0.15) is 11.4 Å². The molecule has 1 aliphatic rings. The number of hydrogen-bond donors (Lipinski definition) is 1. The normalized spacial score (nSPS) is 16.7. The standard InChI is InChI=1S/C23H27N7O.C2HF3O2/c1-27-10-11-29(14-17-12-24-28(2)13-17)16-21(27)23-20-9-8-18(15-30(20)26-25-23)19-6-4-5-7-22(19)31-3;3-2(4,5)1(6)7/h4-9,12-13,15,21H,10-11,14,16H2,1-3H3;(H,6,7). The number of carboxylic acids is 1. The molecule has 0 bridgehead atoms. The fourth-order valence-electron chi connectivity index (χ4n) is 4.37. The van der Waals surface area contributed by atoms with E-state index in [9.17, 15) is 13.2 Å². The summed E-state index contributed by atoms with van der Waals surface area (Å²) in [7, 11) is 5.82. The molecule has 1 aromatic carbocycles. The number of rotatable bonds is 5. The first kappa shape index (κ1) is 27.1. The van der Waals surface area contributed by atoms with Gasteiger partial charge in [-0.2, -0.15) is 18.3 Å². The second kappa shape index (κ2) is 11.2. The lowest BCUT2D eigenvalue weighted by Crippen LogP contribution is -2.46. The zero-order chi connectivity index (χ0) is 27.4. The quantitative estimate of drug-likeness (QED) is 0.419. The van der Waals surface area contributed by atoms with Gasteiger partial charge in [-0.1, -0.05) is 29.5 Å². The van der Waals surface area contributed by atoms with Gasteiger partial charge in [0.05, 0.1) is 24.9 Å². The molecule has 5 rings (SSSR count). The fraction of sp³-hybridized carbons (Fsp3) is 0.360. The summed E-state index contributed by atoms with van der Waals surface area (Å²) in [4.78, 5) is 13.7. The molecule has 4 aromatic rings. The molecule has 202 valence electrons. The number of pyridine rings is 1. The Morgan fingerprint density at radius 2 is 1.87 bits per heavy atom. The molecule has 0 radical (unpaired) electrons. The zero-order valence-electron chi connectivity index (χ0n) is 21.1. The molecule has 0 amide bonds. The van der Waals surface area contributed by atoms with Gasteiger partial charge in [0.2, 0.25) is 0 Å².